The highest BCUT2D eigenvalue weighted by atomic mass is 19.1. The van der Waals surface area contributed by atoms with Gasteiger partial charge in [0.25, 0.3) is 0 Å². The third-order valence-electron chi connectivity index (χ3n) is 3.02. The molecule has 0 heterocycles. The molecular formula is C12H18F2N2. The Hall–Kier alpha value is -1.00. The Balaban J connectivity index is 3.23. The van der Waals surface area contributed by atoms with Gasteiger partial charge in [-0.05, 0) is 24.5 Å². The predicted octanol–water partition coefficient (Wildman–Crippen LogP) is 2.82. The van der Waals surface area contributed by atoms with Crippen molar-refractivity contribution < 1.29 is 8.78 Å². The van der Waals surface area contributed by atoms with Crippen LogP contribution in [0.1, 0.15) is 37.4 Å². The average molecular weight is 228 g/mol. The van der Waals surface area contributed by atoms with Crippen LogP contribution < -0.4 is 11.3 Å². The zero-order chi connectivity index (χ0) is 12.3. The second-order valence-electron chi connectivity index (χ2n) is 4.12. The molecule has 16 heavy (non-hydrogen) atoms. The van der Waals surface area contributed by atoms with E-state index in [1.165, 1.54) is 12.1 Å². The van der Waals surface area contributed by atoms with Crippen LogP contribution in [0.25, 0.3) is 0 Å². The minimum absolute atomic E-state index is 0.0388. The van der Waals surface area contributed by atoms with Crippen LogP contribution in [0.2, 0.25) is 0 Å². The predicted molar refractivity (Wildman–Crippen MR) is 60.6 cm³/mol. The molecule has 4 heteroatoms. The van der Waals surface area contributed by atoms with Gasteiger partial charge in [0.1, 0.15) is 11.6 Å². The molecule has 90 valence electrons. The van der Waals surface area contributed by atoms with Crippen LogP contribution in [0, 0.1) is 24.5 Å². The second-order valence-corrected chi connectivity index (χ2v) is 4.12. The Morgan fingerprint density at radius 2 is 2.00 bits per heavy atom. The van der Waals surface area contributed by atoms with Crippen molar-refractivity contribution in [3.63, 3.8) is 0 Å². The van der Waals surface area contributed by atoms with Gasteiger partial charge in [-0.1, -0.05) is 26.3 Å². The minimum atomic E-state index is -0.550. The van der Waals surface area contributed by atoms with Crippen LogP contribution in [0.15, 0.2) is 12.1 Å². The molecule has 0 bridgehead atoms. The third kappa shape index (κ3) is 2.39. The fourth-order valence-electron chi connectivity index (χ4n) is 1.73. The minimum Gasteiger partial charge on any atom is -0.271 e. The van der Waals surface area contributed by atoms with E-state index < -0.39 is 17.7 Å². The largest absolute Gasteiger partial charge is 0.271 e. The first-order valence-electron chi connectivity index (χ1n) is 5.43. The van der Waals surface area contributed by atoms with Crippen molar-refractivity contribution in [1.82, 2.24) is 5.43 Å². The second kappa shape index (κ2) is 5.37. The molecule has 0 fully saturated rings. The molecule has 2 unspecified atom stereocenters. The van der Waals surface area contributed by atoms with Gasteiger partial charge >= 0.3 is 0 Å². The SMILES string of the molecule is CCC(C)C(NN)c1c(F)ccc(C)c1F. The number of hydrazine groups is 1. The van der Waals surface area contributed by atoms with Gasteiger partial charge in [0.05, 0.1) is 6.04 Å². The van der Waals surface area contributed by atoms with Crippen molar-refractivity contribution >= 4 is 0 Å². The maximum atomic E-state index is 13.9. The van der Waals surface area contributed by atoms with E-state index in [1.54, 1.807) is 6.92 Å². The smallest absolute Gasteiger partial charge is 0.133 e. The lowest BCUT2D eigenvalue weighted by atomic mass is 9.91. The molecule has 2 nitrogen and oxygen atoms in total. The molecule has 0 amide bonds. The van der Waals surface area contributed by atoms with Gasteiger partial charge in [-0.15, -0.1) is 0 Å². The zero-order valence-corrected chi connectivity index (χ0v) is 9.85. The van der Waals surface area contributed by atoms with Gasteiger partial charge in [-0.2, -0.15) is 0 Å². The van der Waals surface area contributed by atoms with E-state index >= 15 is 0 Å². The lowest BCUT2D eigenvalue weighted by molar-refractivity contribution is 0.356. The standard InChI is InChI=1S/C12H18F2N2/c1-4-7(2)12(16-15)10-9(13)6-5-8(3)11(10)14/h5-7,12,16H,4,15H2,1-3H3. The molecule has 1 rings (SSSR count). The van der Waals surface area contributed by atoms with Crippen LogP contribution in [0.3, 0.4) is 0 Å². The summed E-state index contributed by atoms with van der Waals surface area (Å²) in [5, 5.41) is 0. The number of nitrogens with two attached hydrogens (primary N) is 1. The van der Waals surface area contributed by atoms with Crippen LogP contribution in [-0.2, 0) is 0 Å². The van der Waals surface area contributed by atoms with Crippen molar-refractivity contribution in [3.8, 4) is 0 Å². The van der Waals surface area contributed by atoms with Gasteiger partial charge in [0, 0.05) is 5.56 Å². The first-order valence-corrected chi connectivity index (χ1v) is 5.43. The maximum Gasteiger partial charge on any atom is 0.133 e. The van der Waals surface area contributed by atoms with Gasteiger partial charge < -0.3 is 0 Å². The van der Waals surface area contributed by atoms with E-state index in [4.69, 9.17) is 5.84 Å². The molecule has 0 aromatic heterocycles. The molecule has 0 radical (unpaired) electrons. The molecule has 0 spiro atoms. The van der Waals surface area contributed by atoms with E-state index in [0.717, 1.165) is 6.42 Å². The number of hydrogen-bond donors (Lipinski definition) is 2. The van der Waals surface area contributed by atoms with Crippen molar-refractivity contribution in [3.05, 3.63) is 34.9 Å². The van der Waals surface area contributed by atoms with E-state index in [-0.39, 0.29) is 11.5 Å². The molecule has 1 aromatic carbocycles. The lowest BCUT2D eigenvalue weighted by Crippen LogP contribution is -2.34. The Morgan fingerprint density at radius 1 is 1.38 bits per heavy atom. The van der Waals surface area contributed by atoms with Crippen molar-refractivity contribution in [2.24, 2.45) is 11.8 Å². The van der Waals surface area contributed by atoms with Gasteiger partial charge in [0.15, 0.2) is 0 Å². The molecule has 1 aromatic rings. The highest BCUT2D eigenvalue weighted by Crippen LogP contribution is 2.29. The summed E-state index contributed by atoms with van der Waals surface area (Å²) < 4.78 is 27.5. The number of aryl methyl sites for hydroxylation is 1. The summed E-state index contributed by atoms with van der Waals surface area (Å²) >= 11 is 0. The fraction of sp³-hybridized carbons (Fsp3) is 0.500. The summed E-state index contributed by atoms with van der Waals surface area (Å²) in [6.07, 6.45) is 0.793. The normalized spacial score (nSPS) is 14.9. The van der Waals surface area contributed by atoms with Crippen molar-refractivity contribution in [2.75, 3.05) is 0 Å². The summed E-state index contributed by atoms with van der Waals surface area (Å²) in [5.74, 6) is 4.39. The van der Waals surface area contributed by atoms with Crippen LogP contribution >= 0.6 is 0 Å². The maximum absolute atomic E-state index is 13.9. The molecule has 0 aliphatic rings. The van der Waals surface area contributed by atoms with E-state index in [9.17, 15) is 8.78 Å². The number of halogens is 2. The summed E-state index contributed by atoms with van der Waals surface area (Å²) in [6.45, 7) is 5.48. The summed E-state index contributed by atoms with van der Waals surface area (Å²) in [6, 6.07) is 2.21. The summed E-state index contributed by atoms with van der Waals surface area (Å²) in [5.41, 5.74) is 2.97. The molecule has 3 N–H and O–H groups in total. The molecule has 0 aliphatic heterocycles. The monoisotopic (exact) mass is 228 g/mol. The molecule has 0 saturated heterocycles. The molecule has 0 aliphatic carbocycles. The Bertz CT molecular complexity index is 366. The van der Waals surface area contributed by atoms with Crippen molar-refractivity contribution in [1.29, 1.82) is 0 Å². The zero-order valence-electron chi connectivity index (χ0n) is 9.85. The van der Waals surface area contributed by atoms with Crippen LogP contribution in [0.4, 0.5) is 8.78 Å². The Morgan fingerprint density at radius 3 is 2.50 bits per heavy atom. The lowest BCUT2D eigenvalue weighted by Gasteiger charge is -2.24. The van der Waals surface area contributed by atoms with E-state index in [0.29, 0.717) is 5.56 Å². The quantitative estimate of drug-likeness (QED) is 0.614. The van der Waals surface area contributed by atoms with Crippen LogP contribution in [0.5, 0.6) is 0 Å². The van der Waals surface area contributed by atoms with E-state index in [1.807, 2.05) is 13.8 Å². The number of benzene rings is 1. The highest BCUT2D eigenvalue weighted by molar-refractivity contribution is 5.29. The van der Waals surface area contributed by atoms with Crippen LogP contribution in [-0.4, -0.2) is 0 Å². The van der Waals surface area contributed by atoms with Gasteiger partial charge in [0.2, 0.25) is 0 Å². The topological polar surface area (TPSA) is 38.0 Å². The summed E-state index contributed by atoms with van der Waals surface area (Å²) in [4.78, 5) is 0. The number of rotatable bonds is 4. The Kier molecular flexibility index (Phi) is 4.38. The first kappa shape index (κ1) is 13.1. The van der Waals surface area contributed by atoms with Gasteiger partial charge in [-0.25, -0.2) is 8.78 Å². The average Bonchev–Trinajstić information content (AvgIpc) is 2.28. The van der Waals surface area contributed by atoms with Crippen molar-refractivity contribution in [2.45, 2.75) is 33.2 Å². The number of hydrogen-bond acceptors (Lipinski definition) is 2. The number of nitrogens with one attached hydrogen (secondary N) is 1. The van der Waals surface area contributed by atoms with E-state index in [2.05, 4.69) is 5.43 Å². The molecule has 2 atom stereocenters. The van der Waals surface area contributed by atoms with Gasteiger partial charge in [-0.3, -0.25) is 11.3 Å². The third-order valence-corrected chi connectivity index (χ3v) is 3.02. The molecule has 0 saturated carbocycles. The fourth-order valence-corrected chi connectivity index (χ4v) is 1.73. The Labute approximate surface area is 94.8 Å². The first-order chi connectivity index (χ1) is 7.52. The molecular weight excluding hydrogens is 210 g/mol. The summed E-state index contributed by atoms with van der Waals surface area (Å²) in [7, 11) is 0. The highest BCUT2D eigenvalue weighted by Gasteiger charge is 2.24.